The number of hydrogen-bond acceptors (Lipinski definition) is 5. The lowest BCUT2D eigenvalue weighted by Crippen LogP contribution is -2.34. The molecule has 2 heterocycles. The van der Waals surface area contributed by atoms with Crippen LogP contribution in [0.3, 0.4) is 0 Å². The molecule has 2 aromatic heterocycles. The molecule has 0 aliphatic rings. The first-order valence-electron chi connectivity index (χ1n) is 7.02. The number of hydrogen-bond donors (Lipinski definition) is 1. The van der Waals surface area contributed by atoms with Crippen LogP contribution in [0.25, 0.3) is 10.2 Å². The van der Waals surface area contributed by atoms with Crippen molar-refractivity contribution < 1.29 is 9.53 Å². The highest BCUT2D eigenvalue weighted by atomic mass is 32.1. The zero-order valence-electron chi connectivity index (χ0n) is 12.6. The largest absolute Gasteiger partial charge is 0.496 e. The van der Waals surface area contributed by atoms with E-state index in [4.69, 9.17) is 4.74 Å². The topological polar surface area (TPSA) is 73.2 Å². The van der Waals surface area contributed by atoms with Gasteiger partial charge in [0.05, 0.1) is 18.5 Å². The van der Waals surface area contributed by atoms with Gasteiger partial charge >= 0.3 is 6.03 Å². The first kappa shape index (κ1) is 15.2. The van der Waals surface area contributed by atoms with Gasteiger partial charge in [0, 0.05) is 11.8 Å². The average molecular weight is 329 g/mol. The van der Waals surface area contributed by atoms with Crippen molar-refractivity contribution in [3.8, 4) is 5.75 Å². The van der Waals surface area contributed by atoms with Gasteiger partial charge in [-0.3, -0.25) is 4.79 Å². The Labute approximate surface area is 136 Å². The van der Waals surface area contributed by atoms with E-state index in [-0.39, 0.29) is 11.6 Å². The second kappa shape index (κ2) is 6.21. The third-order valence-corrected chi connectivity index (χ3v) is 4.51. The molecule has 0 saturated heterocycles. The quantitative estimate of drug-likeness (QED) is 0.802. The number of para-hydroxylation sites is 1. The molecule has 6 nitrogen and oxygen atoms in total. The SMILES string of the molecule is COc1ccccc1[C@H](C)NC(=O)n1sc2ncccc2c1=O. The van der Waals surface area contributed by atoms with E-state index in [9.17, 15) is 9.59 Å². The predicted octanol–water partition coefficient (Wildman–Crippen LogP) is 2.79. The van der Waals surface area contributed by atoms with Crippen LogP contribution < -0.4 is 15.6 Å². The van der Waals surface area contributed by atoms with Crippen molar-refractivity contribution in [2.75, 3.05) is 7.11 Å². The van der Waals surface area contributed by atoms with Gasteiger partial charge in [-0.1, -0.05) is 18.2 Å². The highest BCUT2D eigenvalue weighted by molar-refractivity contribution is 7.14. The van der Waals surface area contributed by atoms with Crippen molar-refractivity contribution >= 4 is 27.8 Å². The number of pyridine rings is 1. The van der Waals surface area contributed by atoms with Crippen LogP contribution in [-0.2, 0) is 0 Å². The minimum Gasteiger partial charge on any atom is -0.496 e. The molecule has 0 aliphatic heterocycles. The van der Waals surface area contributed by atoms with Gasteiger partial charge in [0.1, 0.15) is 10.6 Å². The van der Waals surface area contributed by atoms with E-state index in [0.717, 1.165) is 21.1 Å². The molecule has 7 heteroatoms. The van der Waals surface area contributed by atoms with E-state index in [1.165, 1.54) is 0 Å². The fraction of sp³-hybridized carbons (Fsp3) is 0.188. The number of nitrogens with zero attached hydrogens (tertiary/aromatic N) is 2. The van der Waals surface area contributed by atoms with E-state index < -0.39 is 6.03 Å². The number of benzene rings is 1. The molecule has 1 amide bonds. The van der Waals surface area contributed by atoms with Crippen LogP contribution in [0.1, 0.15) is 18.5 Å². The number of amides is 1. The summed E-state index contributed by atoms with van der Waals surface area (Å²) in [7, 11) is 1.58. The van der Waals surface area contributed by atoms with E-state index in [0.29, 0.717) is 16.0 Å². The Balaban J connectivity index is 1.88. The summed E-state index contributed by atoms with van der Waals surface area (Å²) in [6.07, 6.45) is 1.60. The minimum absolute atomic E-state index is 0.302. The fourth-order valence-corrected chi connectivity index (χ4v) is 3.19. The maximum atomic E-state index is 12.4. The maximum Gasteiger partial charge on any atom is 0.338 e. The predicted molar refractivity (Wildman–Crippen MR) is 89.2 cm³/mol. The van der Waals surface area contributed by atoms with Gasteiger partial charge in [-0.05, 0) is 36.7 Å². The minimum atomic E-state index is -0.476. The summed E-state index contributed by atoms with van der Waals surface area (Å²) in [5.41, 5.74) is 0.485. The monoisotopic (exact) mass is 329 g/mol. The molecule has 0 saturated carbocycles. The zero-order chi connectivity index (χ0) is 16.4. The molecule has 0 spiro atoms. The Kier molecular flexibility index (Phi) is 4.12. The summed E-state index contributed by atoms with van der Waals surface area (Å²) in [5, 5.41) is 3.26. The first-order valence-corrected chi connectivity index (χ1v) is 7.80. The van der Waals surface area contributed by atoms with Gasteiger partial charge in [-0.15, -0.1) is 0 Å². The van der Waals surface area contributed by atoms with Crippen LogP contribution in [0, 0.1) is 0 Å². The van der Waals surface area contributed by atoms with Gasteiger partial charge in [0.25, 0.3) is 5.56 Å². The number of ether oxygens (including phenoxy) is 1. The third kappa shape index (κ3) is 2.83. The average Bonchev–Trinajstić information content (AvgIpc) is 2.92. The Hall–Kier alpha value is -2.67. The van der Waals surface area contributed by atoms with Crippen LogP contribution in [0.4, 0.5) is 4.79 Å². The van der Waals surface area contributed by atoms with Gasteiger partial charge in [-0.2, -0.15) is 3.96 Å². The number of methoxy groups -OCH3 is 1. The number of aromatic nitrogens is 2. The Morgan fingerprint density at radius 3 is 2.83 bits per heavy atom. The molecular formula is C16H15N3O3S. The molecule has 118 valence electrons. The van der Waals surface area contributed by atoms with Gasteiger partial charge in [0.15, 0.2) is 0 Å². The first-order chi connectivity index (χ1) is 11.1. The lowest BCUT2D eigenvalue weighted by Gasteiger charge is -2.16. The Morgan fingerprint density at radius 2 is 2.09 bits per heavy atom. The molecule has 0 aliphatic carbocycles. The molecule has 0 unspecified atom stereocenters. The summed E-state index contributed by atoms with van der Waals surface area (Å²) in [6, 6.07) is 9.99. The van der Waals surface area contributed by atoms with Crippen molar-refractivity contribution in [3.63, 3.8) is 0 Å². The van der Waals surface area contributed by atoms with Gasteiger partial charge in [-0.25, -0.2) is 9.78 Å². The third-order valence-electron chi connectivity index (χ3n) is 3.49. The molecule has 23 heavy (non-hydrogen) atoms. The van der Waals surface area contributed by atoms with Crippen molar-refractivity contribution in [3.05, 3.63) is 58.5 Å². The van der Waals surface area contributed by atoms with Crippen LogP contribution in [0.2, 0.25) is 0 Å². The molecule has 0 bridgehead atoms. The number of carbonyl (C=O) groups excluding carboxylic acids is 1. The molecule has 1 aromatic carbocycles. The number of nitrogens with one attached hydrogen (secondary N) is 1. The highest BCUT2D eigenvalue weighted by Gasteiger charge is 2.18. The number of rotatable bonds is 3. The van der Waals surface area contributed by atoms with Crippen LogP contribution >= 0.6 is 11.5 Å². The summed E-state index contributed by atoms with van der Waals surface area (Å²) in [6.45, 7) is 1.84. The fourth-order valence-electron chi connectivity index (χ4n) is 2.34. The molecular weight excluding hydrogens is 314 g/mol. The van der Waals surface area contributed by atoms with E-state index >= 15 is 0 Å². The molecule has 0 radical (unpaired) electrons. The maximum absolute atomic E-state index is 12.4. The van der Waals surface area contributed by atoms with Crippen molar-refractivity contribution in [1.82, 2.24) is 14.3 Å². The molecule has 3 aromatic rings. The van der Waals surface area contributed by atoms with Crippen molar-refractivity contribution in [1.29, 1.82) is 0 Å². The zero-order valence-corrected chi connectivity index (χ0v) is 13.5. The number of fused-ring (bicyclic) bond motifs is 1. The summed E-state index contributed by atoms with van der Waals surface area (Å²) in [5.74, 6) is 0.686. The summed E-state index contributed by atoms with van der Waals surface area (Å²) >= 11 is 1.03. The molecule has 0 fully saturated rings. The second-order valence-electron chi connectivity index (χ2n) is 4.96. The van der Waals surface area contributed by atoms with Gasteiger partial charge < -0.3 is 10.1 Å². The van der Waals surface area contributed by atoms with E-state index in [1.54, 1.807) is 25.4 Å². The lowest BCUT2D eigenvalue weighted by molar-refractivity contribution is 0.240. The standard InChI is InChI=1S/C16H15N3O3S/c1-10(11-6-3-4-8-13(11)22-2)18-16(21)19-15(20)12-7-5-9-17-14(12)23-19/h3-10H,1-2H3,(H,18,21)/t10-/m0/s1. The van der Waals surface area contributed by atoms with Crippen LogP contribution in [-0.4, -0.2) is 22.1 Å². The number of carbonyl (C=O) groups is 1. The van der Waals surface area contributed by atoms with E-state index in [2.05, 4.69) is 10.3 Å². The summed E-state index contributed by atoms with van der Waals surface area (Å²) in [4.78, 5) is 29.3. The second-order valence-corrected chi connectivity index (χ2v) is 5.89. The van der Waals surface area contributed by atoms with Crippen molar-refractivity contribution in [2.45, 2.75) is 13.0 Å². The lowest BCUT2D eigenvalue weighted by atomic mass is 10.1. The Bertz CT molecular complexity index is 916. The normalized spacial score (nSPS) is 12.1. The van der Waals surface area contributed by atoms with Crippen molar-refractivity contribution in [2.24, 2.45) is 0 Å². The van der Waals surface area contributed by atoms with Crippen LogP contribution in [0.5, 0.6) is 5.75 Å². The Morgan fingerprint density at radius 1 is 1.30 bits per heavy atom. The molecule has 1 atom stereocenters. The van der Waals surface area contributed by atoms with E-state index in [1.807, 2.05) is 31.2 Å². The highest BCUT2D eigenvalue weighted by Crippen LogP contribution is 2.24. The van der Waals surface area contributed by atoms with Gasteiger partial charge in [0.2, 0.25) is 0 Å². The van der Waals surface area contributed by atoms with Crippen LogP contribution in [0.15, 0.2) is 47.4 Å². The molecule has 1 N–H and O–H groups in total. The molecule has 3 rings (SSSR count). The smallest absolute Gasteiger partial charge is 0.338 e. The summed E-state index contributed by atoms with van der Waals surface area (Å²) < 4.78 is 6.39.